The SMILES string of the molecule is CCn1c(-c2ccccc2)nc2c(=O)[nH]cnc21. The van der Waals surface area contributed by atoms with Crippen molar-refractivity contribution in [3.8, 4) is 11.4 Å². The Morgan fingerprint density at radius 1 is 1.28 bits per heavy atom. The normalized spacial score (nSPS) is 10.9. The number of hydrogen-bond acceptors (Lipinski definition) is 3. The maximum Gasteiger partial charge on any atom is 0.278 e. The van der Waals surface area contributed by atoms with Crippen molar-refractivity contribution in [2.75, 3.05) is 0 Å². The summed E-state index contributed by atoms with van der Waals surface area (Å²) in [6.45, 7) is 2.73. The zero-order valence-electron chi connectivity index (χ0n) is 9.92. The number of fused-ring (bicyclic) bond motifs is 1. The number of aromatic nitrogens is 4. The Morgan fingerprint density at radius 3 is 2.78 bits per heavy atom. The second-order valence-electron chi connectivity index (χ2n) is 3.95. The molecule has 0 bridgehead atoms. The summed E-state index contributed by atoms with van der Waals surface area (Å²) in [6.07, 6.45) is 1.41. The molecule has 90 valence electrons. The highest BCUT2D eigenvalue weighted by atomic mass is 16.1. The van der Waals surface area contributed by atoms with Gasteiger partial charge in [0.05, 0.1) is 6.33 Å². The van der Waals surface area contributed by atoms with Crippen LogP contribution in [-0.4, -0.2) is 19.5 Å². The molecule has 18 heavy (non-hydrogen) atoms. The van der Waals surface area contributed by atoms with Crippen molar-refractivity contribution < 1.29 is 0 Å². The van der Waals surface area contributed by atoms with Crippen molar-refractivity contribution in [2.45, 2.75) is 13.5 Å². The average molecular weight is 240 g/mol. The van der Waals surface area contributed by atoms with E-state index in [-0.39, 0.29) is 5.56 Å². The van der Waals surface area contributed by atoms with Crippen LogP contribution in [0.5, 0.6) is 0 Å². The van der Waals surface area contributed by atoms with E-state index in [2.05, 4.69) is 15.0 Å². The first-order valence-corrected chi connectivity index (χ1v) is 5.80. The highest BCUT2D eigenvalue weighted by molar-refractivity contribution is 5.76. The number of hydrogen-bond donors (Lipinski definition) is 1. The maximum atomic E-state index is 11.7. The van der Waals surface area contributed by atoms with Gasteiger partial charge < -0.3 is 9.55 Å². The van der Waals surface area contributed by atoms with Crippen LogP contribution in [0.4, 0.5) is 0 Å². The molecule has 0 saturated heterocycles. The summed E-state index contributed by atoms with van der Waals surface area (Å²) in [4.78, 5) is 22.9. The van der Waals surface area contributed by atoms with E-state index >= 15 is 0 Å². The molecule has 0 atom stereocenters. The molecule has 0 fully saturated rings. The molecule has 1 N–H and O–H groups in total. The molecule has 0 unspecified atom stereocenters. The third-order valence-corrected chi connectivity index (χ3v) is 2.89. The van der Waals surface area contributed by atoms with Gasteiger partial charge in [0.25, 0.3) is 5.56 Å². The summed E-state index contributed by atoms with van der Waals surface area (Å²) in [5, 5.41) is 0. The van der Waals surface area contributed by atoms with Crippen molar-refractivity contribution in [3.05, 3.63) is 47.0 Å². The molecular formula is C13H12N4O. The third kappa shape index (κ3) is 1.52. The Bertz CT molecular complexity index is 743. The Labute approximate surface area is 103 Å². The van der Waals surface area contributed by atoms with E-state index in [1.54, 1.807) is 0 Å². The van der Waals surface area contributed by atoms with E-state index in [1.807, 2.05) is 41.8 Å². The largest absolute Gasteiger partial charge is 0.311 e. The number of aryl methyl sites for hydroxylation is 1. The van der Waals surface area contributed by atoms with Gasteiger partial charge in [-0.3, -0.25) is 4.79 Å². The van der Waals surface area contributed by atoms with Crippen LogP contribution < -0.4 is 5.56 Å². The number of nitrogens with one attached hydrogen (secondary N) is 1. The standard InChI is InChI=1S/C13H12N4O/c1-2-17-11(9-6-4-3-5-7-9)16-10-12(17)14-8-15-13(10)18/h3-8H,2H2,1H3,(H,14,15,18). The van der Waals surface area contributed by atoms with E-state index in [4.69, 9.17) is 0 Å². The van der Waals surface area contributed by atoms with Crippen molar-refractivity contribution in [1.82, 2.24) is 19.5 Å². The lowest BCUT2D eigenvalue weighted by Crippen LogP contribution is -2.07. The van der Waals surface area contributed by atoms with Crippen LogP contribution in [0.15, 0.2) is 41.5 Å². The van der Waals surface area contributed by atoms with Gasteiger partial charge in [0.15, 0.2) is 11.2 Å². The molecule has 1 aromatic carbocycles. The van der Waals surface area contributed by atoms with Crippen LogP contribution in [0.1, 0.15) is 6.92 Å². The topological polar surface area (TPSA) is 63.6 Å². The molecule has 5 nitrogen and oxygen atoms in total. The minimum atomic E-state index is -0.204. The minimum Gasteiger partial charge on any atom is -0.311 e. The summed E-state index contributed by atoms with van der Waals surface area (Å²) >= 11 is 0. The predicted molar refractivity (Wildman–Crippen MR) is 69.3 cm³/mol. The molecule has 0 radical (unpaired) electrons. The lowest BCUT2D eigenvalue weighted by atomic mass is 10.2. The van der Waals surface area contributed by atoms with E-state index < -0.39 is 0 Å². The monoisotopic (exact) mass is 240 g/mol. The molecule has 2 heterocycles. The lowest BCUT2D eigenvalue weighted by molar-refractivity contribution is 0.786. The Morgan fingerprint density at radius 2 is 2.06 bits per heavy atom. The Balaban J connectivity index is 2.37. The highest BCUT2D eigenvalue weighted by Crippen LogP contribution is 2.21. The van der Waals surface area contributed by atoms with Gasteiger partial charge >= 0.3 is 0 Å². The maximum absolute atomic E-state index is 11.7. The van der Waals surface area contributed by atoms with Crippen LogP contribution in [0, 0.1) is 0 Å². The van der Waals surface area contributed by atoms with E-state index in [1.165, 1.54) is 6.33 Å². The van der Waals surface area contributed by atoms with Gasteiger partial charge in [-0.2, -0.15) is 0 Å². The van der Waals surface area contributed by atoms with Crippen molar-refractivity contribution >= 4 is 11.2 Å². The smallest absolute Gasteiger partial charge is 0.278 e. The van der Waals surface area contributed by atoms with Crippen molar-refractivity contribution in [2.24, 2.45) is 0 Å². The average Bonchev–Trinajstić information content (AvgIpc) is 2.80. The molecular weight excluding hydrogens is 228 g/mol. The van der Waals surface area contributed by atoms with E-state index in [0.29, 0.717) is 11.2 Å². The fourth-order valence-corrected chi connectivity index (χ4v) is 2.06. The number of rotatable bonds is 2. The minimum absolute atomic E-state index is 0.204. The molecule has 2 aromatic heterocycles. The number of H-pyrrole nitrogens is 1. The number of benzene rings is 1. The summed E-state index contributed by atoms with van der Waals surface area (Å²) in [5.41, 5.74) is 1.79. The van der Waals surface area contributed by atoms with Crippen LogP contribution in [0.2, 0.25) is 0 Å². The first-order valence-electron chi connectivity index (χ1n) is 5.80. The van der Waals surface area contributed by atoms with E-state index in [0.717, 1.165) is 17.9 Å². The molecule has 0 amide bonds. The van der Waals surface area contributed by atoms with Gasteiger partial charge in [0.1, 0.15) is 5.82 Å². The van der Waals surface area contributed by atoms with Gasteiger partial charge in [-0.1, -0.05) is 30.3 Å². The Hall–Kier alpha value is -2.43. The molecule has 0 aliphatic heterocycles. The zero-order valence-corrected chi connectivity index (χ0v) is 9.92. The third-order valence-electron chi connectivity index (χ3n) is 2.89. The highest BCUT2D eigenvalue weighted by Gasteiger charge is 2.14. The zero-order chi connectivity index (χ0) is 12.5. The molecule has 0 aliphatic rings. The quantitative estimate of drug-likeness (QED) is 0.743. The number of nitrogens with zero attached hydrogens (tertiary/aromatic N) is 3. The van der Waals surface area contributed by atoms with Crippen LogP contribution >= 0.6 is 0 Å². The fourth-order valence-electron chi connectivity index (χ4n) is 2.06. The number of imidazole rings is 1. The van der Waals surface area contributed by atoms with Crippen LogP contribution in [-0.2, 0) is 6.54 Å². The second-order valence-corrected chi connectivity index (χ2v) is 3.95. The van der Waals surface area contributed by atoms with Crippen LogP contribution in [0.3, 0.4) is 0 Å². The van der Waals surface area contributed by atoms with Crippen molar-refractivity contribution in [1.29, 1.82) is 0 Å². The predicted octanol–water partition coefficient (Wildman–Crippen LogP) is 1.81. The van der Waals surface area contributed by atoms with Gasteiger partial charge in [0, 0.05) is 12.1 Å². The molecule has 5 heteroatoms. The van der Waals surface area contributed by atoms with Gasteiger partial charge in [0.2, 0.25) is 0 Å². The molecule has 3 rings (SSSR count). The van der Waals surface area contributed by atoms with Gasteiger partial charge in [-0.05, 0) is 6.92 Å². The molecule has 0 spiro atoms. The van der Waals surface area contributed by atoms with Gasteiger partial charge in [-0.15, -0.1) is 0 Å². The summed E-state index contributed by atoms with van der Waals surface area (Å²) < 4.78 is 1.94. The van der Waals surface area contributed by atoms with E-state index in [9.17, 15) is 4.79 Å². The van der Waals surface area contributed by atoms with Crippen LogP contribution in [0.25, 0.3) is 22.6 Å². The first-order chi connectivity index (χ1) is 8.81. The second kappa shape index (κ2) is 4.10. The first kappa shape index (κ1) is 10.7. The Kier molecular flexibility index (Phi) is 2.44. The lowest BCUT2D eigenvalue weighted by Gasteiger charge is -2.04. The fraction of sp³-hybridized carbons (Fsp3) is 0.154. The summed E-state index contributed by atoms with van der Waals surface area (Å²) in [5.74, 6) is 0.775. The molecule has 0 saturated carbocycles. The molecule has 0 aliphatic carbocycles. The number of aromatic amines is 1. The summed E-state index contributed by atoms with van der Waals surface area (Å²) in [7, 11) is 0. The van der Waals surface area contributed by atoms with Crippen molar-refractivity contribution in [3.63, 3.8) is 0 Å². The summed E-state index contributed by atoms with van der Waals surface area (Å²) in [6, 6.07) is 9.80. The molecule has 3 aromatic rings. The van der Waals surface area contributed by atoms with Gasteiger partial charge in [-0.25, -0.2) is 9.97 Å².